The molecule has 0 saturated heterocycles. The molecular formula is C15H20N2O2S2. The molecule has 1 aromatic carbocycles. The van der Waals surface area contributed by atoms with Crippen LogP contribution in [0.15, 0.2) is 41.3 Å². The van der Waals surface area contributed by atoms with E-state index in [2.05, 4.69) is 29.1 Å². The maximum atomic E-state index is 12.0. The first kappa shape index (κ1) is 16.0. The second-order valence-corrected chi connectivity index (χ2v) is 7.93. The van der Waals surface area contributed by atoms with E-state index in [0.29, 0.717) is 11.4 Å². The average Bonchev–Trinajstić information content (AvgIpc) is 2.89. The maximum absolute atomic E-state index is 12.0. The largest absolute Gasteiger partial charge is 0.380 e. The van der Waals surface area contributed by atoms with Crippen molar-refractivity contribution in [2.75, 3.05) is 11.9 Å². The predicted octanol–water partition coefficient (Wildman–Crippen LogP) is 3.36. The highest BCUT2D eigenvalue weighted by molar-refractivity contribution is 7.89. The number of rotatable bonds is 7. The van der Waals surface area contributed by atoms with Crippen LogP contribution in [-0.2, 0) is 16.6 Å². The molecule has 0 atom stereocenters. The Bertz CT molecular complexity index is 676. The first-order valence-electron chi connectivity index (χ1n) is 6.90. The number of nitrogens with one attached hydrogen (secondary N) is 2. The first-order chi connectivity index (χ1) is 10.0. The third-order valence-electron chi connectivity index (χ3n) is 2.97. The number of hydrogen-bond acceptors (Lipinski definition) is 4. The van der Waals surface area contributed by atoms with E-state index in [0.717, 1.165) is 18.7 Å². The summed E-state index contributed by atoms with van der Waals surface area (Å²) in [6.45, 7) is 5.22. The van der Waals surface area contributed by atoms with Crippen LogP contribution in [-0.4, -0.2) is 15.0 Å². The summed E-state index contributed by atoms with van der Waals surface area (Å²) in [5.41, 5.74) is 0.912. The topological polar surface area (TPSA) is 58.2 Å². The SMILES string of the molecule is CCCNS(=O)(=O)c1ccc(NCc2ccc(C)s2)cc1. The van der Waals surface area contributed by atoms with Crippen LogP contribution >= 0.6 is 11.3 Å². The van der Waals surface area contributed by atoms with Crippen molar-refractivity contribution in [1.29, 1.82) is 0 Å². The van der Waals surface area contributed by atoms with Crippen molar-refractivity contribution >= 4 is 27.0 Å². The molecule has 21 heavy (non-hydrogen) atoms. The lowest BCUT2D eigenvalue weighted by Gasteiger charge is -2.08. The fourth-order valence-corrected chi connectivity index (χ4v) is 3.80. The molecule has 0 radical (unpaired) electrons. The average molecular weight is 324 g/mol. The molecule has 2 N–H and O–H groups in total. The summed E-state index contributed by atoms with van der Waals surface area (Å²) in [5, 5.41) is 3.29. The zero-order valence-corrected chi connectivity index (χ0v) is 13.9. The van der Waals surface area contributed by atoms with Gasteiger partial charge < -0.3 is 5.32 Å². The van der Waals surface area contributed by atoms with Crippen LogP contribution in [0.25, 0.3) is 0 Å². The summed E-state index contributed by atoms with van der Waals surface area (Å²) in [6.07, 6.45) is 0.777. The van der Waals surface area contributed by atoms with Crippen molar-refractivity contribution in [2.24, 2.45) is 0 Å². The summed E-state index contributed by atoms with van der Waals surface area (Å²) in [7, 11) is -3.38. The minimum atomic E-state index is -3.38. The van der Waals surface area contributed by atoms with Crippen molar-refractivity contribution in [2.45, 2.75) is 31.7 Å². The van der Waals surface area contributed by atoms with Gasteiger partial charge in [0.25, 0.3) is 0 Å². The van der Waals surface area contributed by atoms with Crippen LogP contribution in [0.5, 0.6) is 0 Å². The molecule has 1 heterocycles. The summed E-state index contributed by atoms with van der Waals surface area (Å²) >= 11 is 1.76. The summed E-state index contributed by atoms with van der Waals surface area (Å²) in [6, 6.07) is 11.0. The van der Waals surface area contributed by atoms with Crippen molar-refractivity contribution in [3.8, 4) is 0 Å². The molecule has 6 heteroatoms. The highest BCUT2D eigenvalue weighted by atomic mass is 32.2. The second kappa shape index (κ2) is 7.06. The van der Waals surface area contributed by atoms with Gasteiger partial charge in [0.05, 0.1) is 4.90 Å². The fraction of sp³-hybridized carbons (Fsp3) is 0.333. The van der Waals surface area contributed by atoms with Gasteiger partial charge in [0.15, 0.2) is 0 Å². The van der Waals surface area contributed by atoms with Gasteiger partial charge in [0, 0.05) is 28.5 Å². The molecule has 114 valence electrons. The van der Waals surface area contributed by atoms with Crippen molar-refractivity contribution in [3.63, 3.8) is 0 Å². The standard InChI is InChI=1S/C15H20N2O2S2/c1-3-10-17-21(18,19)15-8-5-13(6-9-15)16-11-14-7-4-12(2)20-14/h4-9,16-17H,3,10-11H2,1-2H3. The van der Waals surface area contributed by atoms with Crippen LogP contribution in [0.2, 0.25) is 0 Å². The van der Waals surface area contributed by atoms with Gasteiger partial charge >= 0.3 is 0 Å². The quantitative estimate of drug-likeness (QED) is 0.821. The van der Waals surface area contributed by atoms with Crippen LogP contribution in [0, 0.1) is 6.92 Å². The lowest BCUT2D eigenvalue weighted by molar-refractivity contribution is 0.581. The molecule has 0 unspecified atom stereocenters. The van der Waals surface area contributed by atoms with E-state index in [1.165, 1.54) is 9.75 Å². The second-order valence-electron chi connectivity index (χ2n) is 4.79. The van der Waals surface area contributed by atoms with E-state index >= 15 is 0 Å². The predicted molar refractivity (Wildman–Crippen MR) is 88.3 cm³/mol. The van der Waals surface area contributed by atoms with Crippen molar-refractivity contribution < 1.29 is 8.42 Å². The molecule has 0 saturated carbocycles. The highest BCUT2D eigenvalue weighted by Gasteiger charge is 2.12. The minimum absolute atomic E-state index is 0.300. The molecule has 0 bridgehead atoms. The van der Waals surface area contributed by atoms with Crippen LogP contribution in [0.3, 0.4) is 0 Å². The highest BCUT2D eigenvalue weighted by Crippen LogP contribution is 2.18. The van der Waals surface area contributed by atoms with E-state index in [9.17, 15) is 8.42 Å². The van der Waals surface area contributed by atoms with Gasteiger partial charge in [0.1, 0.15) is 0 Å². The Labute approximate surface area is 130 Å². The monoisotopic (exact) mass is 324 g/mol. The van der Waals surface area contributed by atoms with Crippen molar-refractivity contribution in [1.82, 2.24) is 4.72 Å². The molecule has 0 spiro atoms. The van der Waals surface area contributed by atoms with Gasteiger partial charge in [-0.1, -0.05) is 6.92 Å². The van der Waals surface area contributed by atoms with Gasteiger partial charge in [0.2, 0.25) is 10.0 Å². The van der Waals surface area contributed by atoms with Gasteiger partial charge in [-0.2, -0.15) is 0 Å². The Morgan fingerprint density at radius 1 is 1.10 bits per heavy atom. The van der Waals surface area contributed by atoms with E-state index in [1.807, 2.05) is 6.92 Å². The van der Waals surface area contributed by atoms with Crippen LogP contribution < -0.4 is 10.0 Å². The number of anilines is 1. The van der Waals surface area contributed by atoms with E-state index in [1.54, 1.807) is 35.6 Å². The smallest absolute Gasteiger partial charge is 0.240 e. The number of hydrogen-bond donors (Lipinski definition) is 2. The van der Waals surface area contributed by atoms with E-state index in [4.69, 9.17) is 0 Å². The molecule has 1 aromatic heterocycles. The van der Waals surface area contributed by atoms with Crippen LogP contribution in [0.1, 0.15) is 23.1 Å². The summed E-state index contributed by atoms with van der Waals surface area (Å²) in [5.74, 6) is 0. The van der Waals surface area contributed by atoms with Gasteiger partial charge in [-0.15, -0.1) is 11.3 Å². The molecule has 2 rings (SSSR count). The molecule has 0 aliphatic carbocycles. The van der Waals surface area contributed by atoms with Gasteiger partial charge in [-0.05, 0) is 49.7 Å². The van der Waals surface area contributed by atoms with Gasteiger partial charge in [-0.25, -0.2) is 13.1 Å². The minimum Gasteiger partial charge on any atom is -0.380 e. The lowest BCUT2D eigenvalue weighted by Crippen LogP contribution is -2.24. The Morgan fingerprint density at radius 2 is 1.81 bits per heavy atom. The maximum Gasteiger partial charge on any atom is 0.240 e. The van der Waals surface area contributed by atoms with E-state index in [-0.39, 0.29) is 0 Å². The number of thiophene rings is 1. The molecule has 0 fully saturated rings. The normalized spacial score (nSPS) is 11.5. The number of benzene rings is 1. The van der Waals surface area contributed by atoms with Crippen molar-refractivity contribution in [3.05, 3.63) is 46.2 Å². The Kier molecular flexibility index (Phi) is 5.39. The fourth-order valence-electron chi connectivity index (χ4n) is 1.84. The molecule has 0 amide bonds. The summed E-state index contributed by atoms with van der Waals surface area (Å²) < 4.78 is 26.5. The third-order valence-corrected chi connectivity index (χ3v) is 5.45. The molecule has 0 aliphatic rings. The molecule has 4 nitrogen and oxygen atoms in total. The Hall–Kier alpha value is -1.37. The van der Waals surface area contributed by atoms with E-state index < -0.39 is 10.0 Å². The molecule has 2 aromatic rings. The van der Waals surface area contributed by atoms with Crippen LogP contribution in [0.4, 0.5) is 5.69 Å². The molecular weight excluding hydrogens is 304 g/mol. The zero-order valence-electron chi connectivity index (χ0n) is 12.2. The Balaban J connectivity index is 1.98. The lowest BCUT2D eigenvalue weighted by atomic mass is 10.3. The number of sulfonamides is 1. The summed E-state index contributed by atoms with van der Waals surface area (Å²) in [4.78, 5) is 2.84. The third kappa shape index (κ3) is 4.56. The zero-order chi connectivity index (χ0) is 15.3. The molecule has 0 aliphatic heterocycles. The Morgan fingerprint density at radius 3 is 2.38 bits per heavy atom. The number of aryl methyl sites for hydroxylation is 1. The van der Waals surface area contributed by atoms with Gasteiger partial charge in [-0.3, -0.25) is 0 Å². The first-order valence-corrected chi connectivity index (χ1v) is 9.20.